The minimum absolute atomic E-state index is 0.123. The predicted molar refractivity (Wildman–Crippen MR) is 133 cm³/mol. The molecular formula is C27H32N4O2. The zero-order valence-electron chi connectivity index (χ0n) is 19.6. The topological polar surface area (TPSA) is 61.1 Å². The highest BCUT2D eigenvalue weighted by atomic mass is 16.5. The van der Waals surface area contributed by atoms with Crippen molar-refractivity contribution in [3.05, 3.63) is 78.6 Å². The summed E-state index contributed by atoms with van der Waals surface area (Å²) in [5.41, 5.74) is 4.19. The summed E-state index contributed by atoms with van der Waals surface area (Å²) in [6.45, 7) is 6.47. The molecule has 0 unspecified atom stereocenters. The lowest BCUT2D eigenvalue weighted by atomic mass is 10.00. The first-order valence-corrected chi connectivity index (χ1v) is 11.5. The Bertz CT molecular complexity index is 1220. The number of methoxy groups -OCH3 is 1. The molecule has 172 valence electrons. The number of carbonyl (C=O) groups is 1. The van der Waals surface area contributed by atoms with Crippen molar-refractivity contribution < 1.29 is 9.53 Å². The largest absolute Gasteiger partial charge is 0.385 e. The zero-order valence-corrected chi connectivity index (χ0v) is 19.6. The second-order valence-electron chi connectivity index (χ2n) is 8.80. The lowest BCUT2D eigenvalue weighted by molar-refractivity contribution is 0.193. The number of aromatic nitrogens is 3. The van der Waals surface area contributed by atoms with Crippen molar-refractivity contribution in [2.24, 2.45) is 5.92 Å². The van der Waals surface area contributed by atoms with E-state index >= 15 is 0 Å². The predicted octanol–water partition coefficient (Wildman–Crippen LogP) is 5.35. The monoisotopic (exact) mass is 444 g/mol. The third-order valence-electron chi connectivity index (χ3n) is 5.74. The molecule has 2 aromatic carbocycles. The molecule has 0 aliphatic carbocycles. The Morgan fingerprint density at radius 3 is 2.76 bits per heavy atom. The van der Waals surface area contributed by atoms with Gasteiger partial charge in [0.2, 0.25) is 0 Å². The molecule has 4 rings (SSSR count). The highest BCUT2D eigenvalue weighted by Gasteiger charge is 2.17. The van der Waals surface area contributed by atoms with Crippen molar-refractivity contribution in [2.75, 3.05) is 20.3 Å². The van der Waals surface area contributed by atoms with Gasteiger partial charge in [-0.25, -0.2) is 9.78 Å². The molecule has 0 aliphatic rings. The molecule has 0 radical (unpaired) electrons. The van der Waals surface area contributed by atoms with Gasteiger partial charge in [-0.05, 0) is 34.7 Å². The van der Waals surface area contributed by atoms with Crippen LogP contribution in [0, 0.1) is 5.92 Å². The van der Waals surface area contributed by atoms with Gasteiger partial charge in [-0.2, -0.15) is 0 Å². The number of fused-ring (bicyclic) bond motifs is 1. The number of amides is 1. The third-order valence-corrected chi connectivity index (χ3v) is 5.74. The number of ether oxygens (including phenoxy) is 1. The highest BCUT2D eigenvalue weighted by Crippen LogP contribution is 2.30. The van der Waals surface area contributed by atoms with E-state index in [0.717, 1.165) is 35.5 Å². The van der Waals surface area contributed by atoms with Gasteiger partial charge < -0.3 is 14.6 Å². The summed E-state index contributed by atoms with van der Waals surface area (Å²) in [6.07, 6.45) is 7.12. The van der Waals surface area contributed by atoms with Crippen molar-refractivity contribution in [2.45, 2.75) is 33.2 Å². The third kappa shape index (κ3) is 5.34. The summed E-state index contributed by atoms with van der Waals surface area (Å²) in [6, 6.07) is 16.6. The standard InChI is InChI=1S/C27H32N4O2/c1-20(2)17-30-19-28-16-24(30)15-23-14-22(18-31(23)27(32)29-12-7-13-33-3)26-11-6-9-21-8-4-5-10-25(21)26/h4-6,8-11,14,16,18-20H,7,12-13,15,17H2,1-3H3,(H,29,32). The Hall–Kier alpha value is -3.38. The number of hydrogen-bond donors (Lipinski definition) is 1. The molecule has 0 aliphatic heterocycles. The minimum atomic E-state index is -0.123. The van der Waals surface area contributed by atoms with Crippen LogP contribution in [0.3, 0.4) is 0 Å². The van der Waals surface area contributed by atoms with Crippen LogP contribution < -0.4 is 5.32 Å². The molecule has 0 atom stereocenters. The van der Waals surface area contributed by atoms with E-state index in [4.69, 9.17) is 4.74 Å². The van der Waals surface area contributed by atoms with Gasteiger partial charge in [0, 0.05) is 62.6 Å². The fourth-order valence-corrected chi connectivity index (χ4v) is 4.19. The molecule has 6 heteroatoms. The molecule has 2 heterocycles. The van der Waals surface area contributed by atoms with E-state index in [2.05, 4.69) is 71.2 Å². The zero-order chi connectivity index (χ0) is 23.2. The number of nitrogens with one attached hydrogen (secondary N) is 1. The Morgan fingerprint density at radius 2 is 1.94 bits per heavy atom. The maximum absolute atomic E-state index is 13.1. The number of nitrogens with zero attached hydrogens (tertiary/aromatic N) is 3. The van der Waals surface area contributed by atoms with Crippen molar-refractivity contribution in [1.82, 2.24) is 19.4 Å². The molecule has 1 N–H and O–H groups in total. The van der Waals surface area contributed by atoms with Gasteiger partial charge in [0.05, 0.1) is 6.33 Å². The Balaban J connectivity index is 1.70. The lowest BCUT2D eigenvalue weighted by Gasteiger charge is -2.12. The molecular weight excluding hydrogens is 412 g/mol. The molecule has 4 aromatic rings. The van der Waals surface area contributed by atoms with Gasteiger partial charge in [0.1, 0.15) is 0 Å². The molecule has 1 amide bonds. The second kappa shape index (κ2) is 10.5. The maximum atomic E-state index is 13.1. The van der Waals surface area contributed by atoms with E-state index in [9.17, 15) is 4.79 Å². The second-order valence-corrected chi connectivity index (χ2v) is 8.80. The molecule has 0 fully saturated rings. The Morgan fingerprint density at radius 1 is 1.12 bits per heavy atom. The van der Waals surface area contributed by atoms with Crippen molar-refractivity contribution in [3.63, 3.8) is 0 Å². The average Bonchev–Trinajstić information content (AvgIpc) is 3.43. The highest BCUT2D eigenvalue weighted by molar-refractivity contribution is 5.97. The van der Waals surface area contributed by atoms with E-state index in [-0.39, 0.29) is 6.03 Å². The van der Waals surface area contributed by atoms with Crippen molar-refractivity contribution in [1.29, 1.82) is 0 Å². The van der Waals surface area contributed by atoms with Gasteiger partial charge in [0.15, 0.2) is 0 Å². The van der Waals surface area contributed by atoms with Crippen LogP contribution in [0.1, 0.15) is 31.7 Å². The summed E-state index contributed by atoms with van der Waals surface area (Å²) < 4.78 is 9.03. The van der Waals surface area contributed by atoms with Gasteiger partial charge in [0.25, 0.3) is 0 Å². The smallest absolute Gasteiger partial charge is 0.325 e. The molecule has 2 aromatic heterocycles. The van der Waals surface area contributed by atoms with Crippen LogP contribution in [-0.2, 0) is 17.7 Å². The molecule has 33 heavy (non-hydrogen) atoms. The fourth-order valence-electron chi connectivity index (χ4n) is 4.19. The first kappa shape index (κ1) is 22.8. The summed E-state index contributed by atoms with van der Waals surface area (Å²) in [4.78, 5) is 17.5. The molecule has 0 saturated heterocycles. The van der Waals surface area contributed by atoms with Crippen LogP contribution in [0.5, 0.6) is 0 Å². The van der Waals surface area contributed by atoms with E-state index in [1.165, 1.54) is 10.8 Å². The van der Waals surface area contributed by atoms with Crippen molar-refractivity contribution in [3.8, 4) is 11.1 Å². The van der Waals surface area contributed by atoms with Crippen LogP contribution >= 0.6 is 0 Å². The minimum Gasteiger partial charge on any atom is -0.385 e. The van der Waals surface area contributed by atoms with Gasteiger partial charge in [-0.1, -0.05) is 56.3 Å². The van der Waals surface area contributed by atoms with Gasteiger partial charge in [-0.3, -0.25) is 4.57 Å². The summed E-state index contributed by atoms with van der Waals surface area (Å²) in [5, 5.41) is 5.38. The molecule has 0 saturated carbocycles. The first-order chi connectivity index (χ1) is 16.1. The van der Waals surface area contributed by atoms with E-state index in [1.54, 1.807) is 11.7 Å². The van der Waals surface area contributed by atoms with Gasteiger partial charge >= 0.3 is 6.03 Å². The Kier molecular flexibility index (Phi) is 7.25. The SMILES string of the molecule is COCCCNC(=O)n1cc(-c2cccc3ccccc23)cc1Cc1cncn1CC(C)C. The van der Waals surface area contributed by atoms with Crippen LogP contribution in [0.15, 0.2) is 67.3 Å². The summed E-state index contributed by atoms with van der Waals surface area (Å²) >= 11 is 0. The molecule has 6 nitrogen and oxygen atoms in total. The number of rotatable bonds is 9. The Labute approximate surface area is 195 Å². The maximum Gasteiger partial charge on any atom is 0.325 e. The van der Waals surface area contributed by atoms with E-state index < -0.39 is 0 Å². The number of hydrogen-bond acceptors (Lipinski definition) is 3. The lowest BCUT2D eigenvalue weighted by Crippen LogP contribution is -2.30. The van der Waals surface area contributed by atoms with E-state index in [0.29, 0.717) is 25.5 Å². The number of benzene rings is 2. The van der Waals surface area contributed by atoms with E-state index in [1.807, 2.05) is 24.8 Å². The number of imidazole rings is 1. The summed E-state index contributed by atoms with van der Waals surface area (Å²) in [7, 11) is 1.67. The van der Waals surface area contributed by atoms with Crippen LogP contribution in [0.4, 0.5) is 4.79 Å². The quantitative estimate of drug-likeness (QED) is 0.354. The van der Waals surface area contributed by atoms with Crippen LogP contribution in [0.2, 0.25) is 0 Å². The average molecular weight is 445 g/mol. The fraction of sp³-hybridized carbons (Fsp3) is 0.333. The van der Waals surface area contributed by atoms with Crippen LogP contribution in [-0.4, -0.2) is 40.4 Å². The number of carbonyl (C=O) groups excluding carboxylic acids is 1. The summed E-state index contributed by atoms with van der Waals surface area (Å²) in [5.74, 6) is 0.514. The van der Waals surface area contributed by atoms with Gasteiger partial charge in [-0.15, -0.1) is 0 Å². The first-order valence-electron chi connectivity index (χ1n) is 11.5. The van der Waals surface area contributed by atoms with Crippen molar-refractivity contribution >= 4 is 16.8 Å². The molecule has 0 bridgehead atoms. The molecule has 0 spiro atoms. The normalized spacial score (nSPS) is 11.4. The van der Waals surface area contributed by atoms with Crippen LogP contribution in [0.25, 0.3) is 21.9 Å².